The zero-order valence-corrected chi connectivity index (χ0v) is 9.66. The fourth-order valence-corrected chi connectivity index (χ4v) is 1.49. The van der Waals surface area contributed by atoms with E-state index in [9.17, 15) is 4.79 Å². The highest BCUT2D eigenvalue weighted by Gasteiger charge is 2.04. The standard InChI is InChI=1S/C13H9ClO3/c14-8-1-2-9-16-11-5-3-4-10-6-7-12(15)17-13(10)11/h3-7H,8-9H2. The molecule has 0 amide bonds. The number of benzene rings is 1. The van der Waals surface area contributed by atoms with E-state index in [0.717, 1.165) is 5.39 Å². The molecule has 86 valence electrons. The monoisotopic (exact) mass is 248 g/mol. The van der Waals surface area contributed by atoms with Crippen LogP contribution in [-0.4, -0.2) is 12.5 Å². The molecule has 0 bridgehead atoms. The fraction of sp³-hybridized carbons (Fsp3) is 0.154. The van der Waals surface area contributed by atoms with Crippen LogP contribution in [0.5, 0.6) is 5.75 Å². The molecule has 2 aromatic rings. The summed E-state index contributed by atoms with van der Waals surface area (Å²) in [6.07, 6.45) is 0. The van der Waals surface area contributed by atoms with Crippen molar-refractivity contribution in [1.29, 1.82) is 0 Å². The predicted molar refractivity (Wildman–Crippen MR) is 66.5 cm³/mol. The molecule has 1 aromatic heterocycles. The summed E-state index contributed by atoms with van der Waals surface area (Å²) in [5.74, 6) is 6.19. The highest BCUT2D eigenvalue weighted by molar-refractivity contribution is 6.19. The highest BCUT2D eigenvalue weighted by Crippen LogP contribution is 2.23. The minimum absolute atomic E-state index is 0.213. The Morgan fingerprint density at radius 2 is 2.12 bits per heavy atom. The average Bonchev–Trinajstić information content (AvgIpc) is 2.35. The largest absolute Gasteiger partial charge is 0.477 e. The number of hydrogen-bond donors (Lipinski definition) is 0. The lowest BCUT2D eigenvalue weighted by molar-refractivity contribution is 0.365. The second-order valence-electron chi connectivity index (χ2n) is 3.20. The quantitative estimate of drug-likeness (QED) is 0.465. The molecule has 17 heavy (non-hydrogen) atoms. The Bertz CT molecular complexity index is 634. The summed E-state index contributed by atoms with van der Waals surface area (Å²) in [5, 5.41) is 0.812. The van der Waals surface area contributed by atoms with Gasteiger partial charge in [0, 0.05) is 11.5 Å². The minimum Gasteiger partial charge on any atom is -0.477 e. The maximum Gasteiger partial charge on any atom is 0.336 e. The molecule has 1 heterocycles. The Balaban J connectivity index is 2.33. The molecule has 0 unspecified atom stereocenters. The van der Waals surface area contributed by atoms with Gasteiger partial charge in [-0.05, 0) is 12.1 Å². The second kappa shape index (κ2) is 5.42. The molecule has 0 spiro atoms. The molecule has 0 atom stereocenters. The van der Waals surface area contributed by atoms with E-state index in [4.69, 9.17) is 20.8 Å². The smallest absolute Gasteiger partial charge is 0.336 e. The molecule has 4 heteroatoms. The Morgan fingerprint density at radius 3 is 2.94 bits per heavy atom. The summed E-state index contributed by atoms with van der Waals surface area (Å²) >= 11 is 5.41. The third-order valence-corrected chi connectivity index (χ3v) is 2.24. The van der Waals surface area contributed by atoms with Crippen molar-refractivity contribution in [2.75, 3.05) is 12.5 Å². The summed E-state index contributed by atoms with van der Waals surface area (Å²) in [6, 6.07) is 8.47. The number of para-hydroxylation sites is 1. The van der Waals surface area contributed by atoms with Gasteiger partial charge < -0.3 is 9.15 Å². The first-order valence-corrected chi connectivity index (χ1v) is 5.52. The Kier molecular flexibility index (Phi) is 3.69. The van der Waals surface area contributed by atoms with Crippen LogP contribution in [0, 0.1) is 11.8 Å². The molecule has 1 aromatic carbocycles. The third kappa shape index (κ3) is 2.80. The molecule has 0 saturated heterocycles. The fourth-order valence-electron chi connectivity index (χ4n) is 1.39. The number of hydrogen-bond acceptors (Lipinski definition) is 3. The zero-order chi connectivity index (χ0) is 12.1. The van der Waals surface area contributed by atoms with Gasteiger partial charge in [0.2, 0.25) is 0 Å². The lowest BCUT2D eigenvalue weighted by Gasteiger charge is -2.04. The molecule has 2 rings (SSSR count). The van der Waals surface area contributed by atoms with Gasteiger partial charge in [0.05, 0.1) is 5.88 Å². The van der Waals surface area contributed by atoms with Crippen LogP contribution in [0.15, 0.2) is 39.5 Å². The summed E-state index contributed by atoms with van der Waals surface area (Å²) in [5.41, 5.74) is 0.0352. The number of halogens is 1. The number of fused-ring (bicyclic) bond motifs is 1. The third-order valence-electron chi connectivity index (χ3n) is 2.10. The van der Waals surface area contributed by atoms with Crippen molar-refractivity contribution in [3.63, 3.8) is 0 Å². The van der Waals surface area contributed by atoms with Crippen molar-refractivity contribution < 1.29 is 9.15 Å². The molecular formula is C13H9ClO3. The van der Waals surface area contributed by atoms with Crippen molar-refractivity contribution in [3.05, 3.63) is 40.8 Å². The van der Waals surface area contributed by atoms with Crippen LogP contribution in [0.1, 0.15) is 0 Å². The first kappa shape index (κ1) is 11.6. The average molecular weight is 249 g/mol. The summed E-state index contributed by atoms with van der Waals surface area (Å²) in [6.45, 7) is 0.213. The van der Waals surface area contributed by atoms with E-state index in [0.29, 0.717) is 11.3 Å². The first-order chi connectivity index (χ1) is 8.31. The molecule has 3 nitrogen and oxygen atoms in total. The molecule has 0 aliphatic rings. The van der Waals surface area contributed by atoms with Crippen LogP contribution < -0.4 is 10.4 Å². The maximum atomic E-state index is 11.1. The van der Waals surface area contributed by atoms with Gasteiger partial charge in [-0.2, -0.15) is 0 Å². The van der Waals surface area contributed by atoms with Crippen LogP contribution in [0.3, 0.4) is 0 Å². The van der Waals surface area contributed by atoms with E-state index in [2.05, 4.69) is 11.8 Å². The van der Waals surface area contributed by atoms with E-state index in [1.54, 1.807) is 12.1 Å². The lowest BCUT2D eigenvalue weighted by atomic mass is 10.2. The topological polar surface area (TPSA) is 39.4 Å². The van der Waals surface area contributed by atoms with E-state index < -0.39 is 5.63 Å². The van der Waals surface area contributed by atoms with Gasteiger partial charge in [0.15, 0.2) is 11.3 Å². The van der Waals surface area contributed by atoms with Crippen LogP contribution in [0.25, 0.3) is 11.0 Å². The molecule has 0 saturated carbocycles. The van der Waals surface area contributed by atoms with Crippen molar-refractivity contribution in [3.8, 4) is 17.6 Å². The molecule has 0 aliphatic heterocycles. The predicted octanol–water partition coefficient (Wildman–Crippen LogP) is 2.41. The SMILES string of the molecule is O=c1ccc2cccc(OCC#CCCl)c2o1. The van der Waals surface area contributed by atoms with Gasteiger partial charge in [-0.1, -0.05) is 24.0 Å². The molecule has 0 fully saturated rings. The number of ether oxygens (including phenoxy) is 1. The van der Waals surface area contributed by atoms with Gasteiger partial charge >= 0.3 is 5.63 Å². The van der Waals surface area contributed by atoms with E-state index in [1.807, 2.05) is 12.1 Å². The molecule has 0 aliphatic carbocycles. The van der Waals surface area contributed by atoms with Crippen LogP contribution in [0.2, 0.25) is 0 Å². The van der Waals surface area contributed by atoms with E-state index >= 15 is 0 Å². The minimum atomic E-state index is -0.402. The zero-order valence-electron chi connectivity index (χ0n) is 8.90. The van der Waals surface area contributed by atoms with Crippen LogP contribution >= 0.6 is 11.6 Å². The first-order valence-electron chi connectivity index (χ1n) is 4.98. The van der Waals surface area contributed by atoms with Crippen molar-refractivity contribution in [1.82, 2.24) is 0 Å². The second-order valence-corrected chi connectivity index (χ2v) is 3.47. The van der Waals surface area contributed by atoms with Crippen LogP contribution in [-0.2, 0) is 0 Å². The summed E-state index contributed by atoms with van der Waals surface area (Å²) in [4.78, 5) is 11.1. The van der Waals surface area contributed by atoms with Crippen molar-refractivity contribution in [2.45, 2.75) is 0 Å². The Labute approximate surface area is 103 Å². The van der Waals surface area contributed by atoms with Gasteiger partial charge in [-0.3, -0.25) is 0 Å². The van der Waals surface area contributed by atoms with Gasteiger partial charge in [-0.15, -0.1) is 11.6 Å². The number of rotatable bonds is 2. The maximum absolute atomic E-state index is 11.1. The summed E-state index contributed by atoms with van der Waals surface area (Å²) in [7, 11) is 0. The molecule has 0 N–H and O–H groups in total. The molecular weight excluding hydrogens is 240 g/mol. The normalized spacial score (nSPS) is 9.71. The lowest BCUT2D eigenvalue weighted by Crippen LogP contribution is -1.98. The summed E-state index contributed by atoms with van der Waals surface area (Å²) < 4.78 is 10.5. The number of alkyl halides is 1. The Morgan fingerprint density at radius 1 is 1.24 bits per heavy atom. The highest BCUT2D eigenvalue weighted by atomic mass is 35.5. The van der Waals surface area contributed by atoms with Crippen molar-refractivity contribution >= 4 is 22.6 Å². The van der Waals surface area contributed by atoms with Gasteiger partial charge in [0.1, 0.15) is 6.61 Å². The van der Waals surface area contributed by atoms with Gasteiger partial charge in [-0.25, -0.2) is 4.79 Å². The van der Waals surface area contributed by atoms with E-state index in [-0.39, 0.29) is 12.5 Å². The van der Waals surface area contributed by atoms with Crippen LogP contribution in [0.4, 0.5) is 0 Å². The van der Waals surface area contributed by atoms with Gasteiger partial charge in [0.25, 0.3) is 0 Å². The van der Waals surface area contributed by atoms with Crippen molar-refractivity contribution in [2.24, 2.45) is 0 Å². The Hall–Kier alpha value is -1.92. The molecule has 0 radical (unpaired) electrons. The van der Waals surface area contributed by atoms with E-state index in [1.165, 1.54) is 6.07 Å².